The van der Waals surface area contributed by atoms with Gasteiger partial charge in [0.15, 0.2) is 0 Å². The molecule has 0 saturated carbocycles. The lowest BCUT2D eigenvalue weighted by atomic mass is 10.1. The summed E-state index contributed by atoms with van der Waals surface area (Å²) in [6, 6.07) is 17.5. The van der Waals surface area contributed by atoms with E-state index in [0.29, 0.717) is 22.0 Å². The largest absolute Gasteiger partial charge is 0.326 e. The van der Waals surface area contributed by atoms with Gasteiger partial charge in [0.05, 0.1) is 21.7 Å². The zero-order valence-corrected chi connectivity index (χ0v) is 20.2. The zero-order chi connectivity index (χ0) is 24.4. The quantitative estimate of drug-likeness (QED) is 0.465. The van der Waals surface area contributed by atoms with Crippen molar-refractivity contribution < 1.29 is 14.4 Å². The maximum atomic E-state index is 12.9. The predicted octanol–water partition coefficient (Wildman–Crippen LogP) is 5.85. The van der Waals surface area contributed by atoms with Crippen LogP contribution < -0.4 is 15.5 Å². The normalized spacial score (nSPS) is 15.4. The molecule has 0 radical (unpaired) electrons. The second kappa shape index (κ2) is 9.87. The predicted molar refractivity (Wildman–Crippen MR) is 136 cm³/mol. The van der Waals surface area contributed by atoms with Gasteiger partial charge in [0.1, 0.15) is 0 Å². The van der Waals surface area contributed by atoms with Crippen molar-refractivity contribution >= 4 is 58.0 Å². The molecule has 2 N–H and O–H groups in total. The maximum Gasteiger partial charge on any atom is 0.255 e. The molecule has 0 aliphatic carbocycles. The minimum Gasteiger partial charge on any atom is -0.326 e. The van der Waals surface area contributed by atoms with Gasteiger partial charge < -0.3 is 15.5 Å². The lowest BCUT2D eigenvalue weighted by molar-refractivity contribution is -0.122. The van der Waals surface area contributed by atoms with Gasteiger partial charge in [-0.3, -0.25) is 14.4 Å². The fourth-order valence-corrected chi connectivity index (χ4v) is 4.35. The van der Waals surface area contributed by atoms with Crippen molar-refractivity contribution in [2.24, 2.45) is 5.92 Å². The second-order valence-corrected chi connectivity index (χ2v) is 9.11. The molecule has 1 fully saturated rings. The lowest BCUT2D eigenvalue weighted by Gasteiger charge is -2.18. The first-order chi connectivity index (χ1) is 16.2. The number of halogens is 2. The van der Waals surface area contributed by atoms with Gasteiger partial charge in [-0.2, -0.15) is 0 Å². The van der Waals surface area contributed by atoms with E-state index in [1.807, 2.05) is 32.0 Å². The van der Waals surface area contributed by atoms with Crippen LogP contribution >= 0.6 is 23.2 Å². The van der Waals surface area contributed by atoms with E-state index in [4.69, 9.17) is 23.2 Å². The van der Waals surface area contributed by atoms with Crippen molar-refractivity contribution in [3.05, 3.63) is 87.4 Å². The van der Waals surface area contributed by atoms with Crippen molar-refractivity contribution in [2.75, 3.05) is 22.1 Å². The van der Waals surface area contributed by atoms with Gasteiger partial charge in [-0.15, -0.1) is 0 Å². The number of aryl methyl sites for hydroxylation is 2. The van der Waals surface area contributed by atoms with Gasteiger partial charge >= 0.3 is 0 Å². The molecular weight excluding hydrogens is 473 g/mol. The molecule has 1 heterocycles. The third kappa shape index (κ3) is 5.08. The Hall–Kier alpha value is -3.35. The summed E-state index contributed by atoms with van der Waals surface area (Å²) in [4.78, 5) is 39.7. The molecule has 0 aromatic heterocycles. The molecule has 34 heavy (non-hydrogen) atoms. The van der Waals surface area contributed by atoms with Gasteiger partial charge in [0, 0.05) is 29.9 Å². The average Bonchev–Trinajstić information content (AvgIpc) is 3.19. The average molecular weight is 496 g/mol. The van der Waals surface area contributed by atoms with Crippen molar-refractivity contribution in [3.8, 4) is 0 Å². The van der Waals surface area contributed by atoms with Crippen LogP contribution in [0.3, 0.4) is 0 Å². The fourth-order valence-electron chi connectivity index (χ4n) is 3.95. The van der Waals surface area contributed by atoms with Crippen molar-refractivity contribution in [1.29, 1.82) is 0 Å². The Morgan fingerprint density at radius 3 is 2.50 bits per heavy atom. The van der Waals surface area contributed by atoms with E-state index >= 15 is 0 Å². The highest BCUT2D eigenvalue weighted by Gasteiger charge is 2.36. The number of nitrogens with zero attached hydrogens (tertiary/aromatic N) is 1. The van der Waals surface area contributed by atoms with E-state index in [9.17, 15) is 14.4 Å². The second-order valence-electron chi connectivity index (χ2n) is 8.32. The summed E-state index contributed by atoms with van der Waals surface area (Å²) in [6.07, 6.45) is 0.0571. The number of carbonyl (C=O) groups is 3. The van der Waals surface area contributed by atoms with Crippen molar-refractivity contribution in [3.63, 3.8) is 0 Å². The first-order valence-electron chi connectivity index (χ1n) is 10.8. The summed E-state index contributed by atoms with van der Waals surface area (Å²) in [5.74, 6) is -1.34. The Bertz CT molecular complexity index is 1290. The molecule has 1 saturated heterocycles. The number of amides is 3. The molecule has 0 unspecified atom stereocenters. The van der Waals surface area contributed by atoms with Crippen LogP contribution in [-0.2, 0) is 9.59 Å². The SMILES string of the molecule is Cc1ccc(NC(=O)c2cccc(NC(=O)[C@@H]3CC(=O)N(c4cccc(Cl)c4Cl)C3)c2)c(C)c1. The molecule has 3 amide bonds. The molecule has 6 nitrogen and oxygen atoms in total. The molecular formula is C26H23Cl2N3O3. The summed E-state index contributed by atoms with van der Waals surface area (Å²) >= 11 is 12.3. The molecule has 0 bridgehead atoms. The van der Waals surface area contributed by atoms with Crippen LogP contribution in [-0.4, -0.2) is 24.3 Å². The number of rotatable bonds is 5. The van der Waals surface area contributed by atoms with Crippen LogP contribution in [0.2, 0.25) is 10.0 Å². The summed E-state index contributed by atoms with van der Waals surface area (Å²) in [5.41, 5.74) is 4.18. The maximum absolute atomic E-state index is 12.9. The molecule has 4 rings (SSSR count). The molecule has 8 heteroatoms. The van der Waals surface area contributed by atoms with Gasteiger partial charge in [-0.1, -0.05) is 53.0 Å². The highest BCUT2D eigenvalue weighted by molar-refractivity contribution is 6.44. The van der Waals surface area contributed by atoms with Crippen LogP contribution in [0.25, 0.3) is 0 Å². The number of benzene rings is 3. The molecule has 0 spiro atoms. The topological polar surface area (TPSA) is 78.5 Å². The number of nitrogens with one attached hydrogen (secondary N) is 2. The van der Waals surface area contributed by atoms with Gasteiger partial charge in [-0.25, -0.2) is 0 Å². The third-order valence-electron chi connectivity index (χ3n) is 5.74. The van der Waals surface area contributed by atoms with Crippen LogP contribution in [0.15, 0.2) is 60.7 Å². The van der Waals surface area contributed by atoms with E-state index in [1.54, 1.807) is 42.5 Å². The summed E-state index contributed by atoms with van der Waals surface area (Å²) in [7, 11) is 0. The Kier molecular flexibility index (Phi) is 6.91. The Labute approximate surface area is 207 Å². The van der Waals surface area contributed by atoms with Crippen LogP contribution in [0.5, 0.6) is 0 Å². The standard InChI is InChI=1S/C26H23Cl2N3O3/c1-15-9-10-21(16(2)11-15)30-25(33)17-5-3-6-19(12-17)29-26(34)18-13-23(32)31(14-18)22-8-4-7-20(27)24(22)28/h3-12,18H,13-14H2,1-2H3,(H,29,34)(H,30,33)/t18-/m1/s1. The molecule has 1 aliphatic heterocycles. The van der Waals surface area contributed by atoms with Crippen LogP contribution in [0, 0.1) is 19.8 Å². The van der Waals surface area contributed by atoms with Crippen LogP contribution in [0.1, 0.15) is 27.9 Å². The summed E-state index contributed by atoms with van der Waals surface area (Å²) in [6.45, 7) is 4.12. The fraction of sp³-hybridized carbons (Fsp3) is 0.192. The summed E-state index contributed by atoms with van der Waals surface area (Å²) < 4.78 is 0. The van der Waals surface area contributed by atoms with E-state index in [-0.39, 0.29) is 35.7 Å². The Balaban J connectivity index is 1.44. The van der Waals surface area contributed by atoms with Crippen molar-refractivity contribution in [2.45, 2.75) is 20.3 Å². The number of hydrogen-bond acceptors (Lipinski definition) is 3. The van der Waals surface area contributed by atoms with E-state index in [0.717, 1.165) is 16.8 Å². The smallest absolute Gasteiger partial charge is 0.255 e. The third-order valence-corrected chi connectivity index (χ3v) is 6.55. The molecule has 1 aliphatic rings. The number of anilines is 3. The Morgan fingerprint density at radius 2 is 1.74 bits per heavy atom. The molecule has 174 valence electrons. The van der Waals surface area contributed by atoms with Crippen LogP contribution in [0.4, 0.5) is 17.1 Å². The minimum atomic E-state index is -0.560. The van der Waals surface area contributed by atoms with Gasteiger partial charge in [0.25, 0.3) is 5.91 Å². The number of hydrogen-bond donors (Lipinski definition) is 2. The monoisotopic (exact) mass is 495 g/mol. The first-order valence-corrected chi connectivity index (χ1v) is 11.5. The highest BCUT2D eigenvalue weighted by Crippen LogP contribution is 2.36. The van der Waals surface area contributed by atoms with E-state index < -0.39 is 5.92 Å². The van der Waals surface area contributed by atoms with Gasteiger partial charge in [0.2, 0.25) is 11.8 Å². The molecule has 1 atom stereocenters. The first kappa shape index (κ1) is 23.8. The minimum absolute atomic E-state index is 0.0571. The summed E-state index contributed by atoms with van der Waals surface area (Å²) in [5, 5.41) is 6.35. The number of carbonyl (C=O) groups excluding carboxylic acids is 3. The Morgan fingerprint density at radius 1 is 0.971 bits per heavy atom. The van der Waals surface area contributed by atoms with E-state index in [1.165, 1.54) is 4.90 Å². The molecule has 3 aromatic carbocycles. The molecule has 3 aromatic rings. The van der Waals surface area contributed by atoms with E-state index in [2.05, 4.69) is 10.6 Å². The highest BCUT2D eigenvalue weighted by atomic mass is 35.5. The van der Waals surface area contributed by atoms with Crippen molar-refractivity contribution in [1.82, 2.24) is 0 Å². The lowest BCUT2D eigenvalue weighted by Crippen LogP contribution is -2.28. The van der Waals surface area contributed by atoms with Gasteiger partial charge in [-0.05, 0) is 55.8 Å². The zero-order valence-electron chi connectivity index (χ0n) is 18.7.